The van der Waals surface area contributed by atoms with E-state index in [-0.39, 0.29) is 0 Å². The number of carboxylic acid groups (broad SMARTS) is 1. The number of benzene rings is 1. The third-order valence-corrected chi connectivity index (χ3v) is 4.17. The molecule has 0 spiro atoms. The Balaban J connectivity index is 1.77. The van der Waals surface area contributed by atoms with Crippen LogP contribution in [0.4, 0.5) is 0 Å². The van der Waals surface area contributed by atoms with Crippen molar-refractivity contribution in [3.63, 3.8) is 0 Å². The molecule has 0 saturated carbocycles. The molecule has 3 rings (SSSR count). The Morgan fingerprint density at radius 1 is 1.32 bits per heavy atom. The van der Waals surface area contributed by atoms with Gasteiger partial charge in [0.15, 0.2) is 0 Å². The molecular weight excluding hydrogens is 278 g/mol. The summed E-state index contributed by atoms with van der Waals surface area (Å²) >= 11 is 0. The molecule has 2 aromatic rings. The van der Waals surface area contributed by atoms with Crippen molar-refractivity contribution in [1.82, 2.24) is 10.3 Å². The van der Waals surface area contributed by atoms with E-state index in [1.807, 2.05) is 30.5 Å². The molecule has 1 aromatic heterocycles. The standard InChI is InChI=1S/C17H21N3O2/c21-17(22)15(20-16-8-2-1-5-9-18-16)10-12-11-19-14-7-4-3-6-13(12)14/h3-4,6-7,11,15,19H,1-2,5,8-10H2,(H,18,20)(H,21,22)/t15-/m0/s1. The number of nitrogens with one attached hydrogen (secondary N) is 3. The van der Waals surface area contributed by atoms with Crippen molar-refractivity contribution in [2.75, 3.05) is 6.54 Å². The SMILES string of the molecule is O=C([O-])[C@H](Cc1c[nH]c2ccccc12)NC1=[NH+]CCCCC1. The highest BCUT2D eigenvalue weighted by Gasteiger charge is 2.21. The molecule has 22 heavy (non-hydrogen) atoms. The van der Waals surface area contributed by atoms with Gasteiger partial charge in [0.05, 0.1) is 12.5 Å². The van der Waals surface area contributed by atoms with Crippen LogP contribution in [0.1, 0.15) is 31.2 Å². The van der Waals surface area contributed by atoms with E-state index in [4.69, 9.17) is 0 Å². The second-order valence-electron chi connectivity index (χ2n) is 5.80. The summed E-state index contributed by atoms with van der Waals surface area (Å²) in [5.74, 6) is -0.143. The van der Waals surface area contributed by atoms with Gasteiger partial charge in [-0.25, -0.2) is 0 Å². The summed E-state index contributed by atoms with van der Waals surface area (Å²) in [7, 11) is 0. The first kappa shape index (κ1) is 14.6. The Kier molecular flexibility index (Phi) is 4.42. The zero-order valence-corrected chi connectivity index (χ0v) is 12.5. The third kappa shape index (κ3) is 3.30. The number of amidine groups is 1. The smallest absolute Gasteiger partial charge is 0.243 e. The molecule has 1 aliphatic heterocycles. The van der Waals surface area contributed by atoms with Gasteiger partial charge in [-0.2, -0.15) is 0 Å². The highest BCUT2D eigenvalue weighted by Crippen LogP contribution is 2.19. The Morgan fingerprint density at radius 3 is 3.05 bits per heavy atom. The number of para-hydroxylation sites is 1. The average molecular weight is 299 g/mol. The number of rotatable bonds is 4. The predicted molar refractivity (Wildman–Crippen MR) is 83.2 cm³/mol. The number of carboxylic acids is 1. The number of aromatic amines is 1. The largest absolute Gasteiger partial charge is 0.546 e. The second-order valence-corrected chi connectivity index (χ2v) is 5.80. The molecule has 2 heterocycles. The summed E-state index contributed by atoms with van der Waals surface area (Å²) in [5, 5.41) is 15.7. The van der Waals surface area contributed by atoms with Crippen molar-refractivity contribution >= 4 is 22.7 Å². The molecule has 0 amide bonds. The maximum atomic E-state index is 11.5. The zero-order valence-electron chi connectivity index (χ0n) is 12.5. The van der Waals surface area contributed by atoms with E-state index in [9.17, 15) is 9.90 Å². The Labute approximate surface area is 129 Å². The van der Waals surface area contributed by atoms with Crippen LogP contribution in [0.2, 0.25) is 0 Å². The summed E-state index contributed by atoms with van der Waals surface area (Å²) in [5.41, 5.74) is 2.02. The lowest BCUT2D eigenvalue weighted by Gasteiger charge is -2.16. The fraction of sp³-hybridized carbons (Fsp3) is 0.412. The van der Waals surface area contributed by atoms with Gasteiger partial charge >= 0.3 is 0 Å². The van der Waals surface area contributed by atoms with E-state index in [1.54, 1.807) is 0 Å². The fourth-order valence-electron chi connectivity index (χ4n) is 2.98. The fourth-order valence-corrected chi connectivity index (χ4v) is 2.98. The van der Waals surface area contributed by atoms with Crippen molar-refractivity contribution in [2.45, 2.75) is 38.1 Å². The van der Waals surface area contributed by atoms with Crippen LogP contribution in [0, 0.1) is 0 Å². The number of hydrogen-bond donors (Lipinski definition) is 3. The summed E-state index contributed by atoms with van der Waals surface area (Å²) in [6.07, 6.45) is 6.55. The predicted octanol–water partition coefficient (Wildman–Crippen LogP) is -0.528. The molecule has 0 saturated heterocycles. The van der Waals surface area contributed by atoms with E-state index >= 15 is 0 Å². The summed E-state index contributed by atoms with van der Waals surface area (Å²) in [4.78, 5) is 18.0. The van der Waals surface area contributed by atoms with Crippen LogP contribution in [0.15, 0.2) is 30.5 Å². The zero-order chi connectivity index (χ0) is 15.4. The van der Waals surface area contributed by atoms with Gasteiger partial charge in [0.2, 0.25) is 5.84 Å². The van der Waals surface area contributed by atoms with Crippen molar-refractivity contribution in [3.8, 4) is 0 Å². The van der Waals surface area contributed by atoms with Crippen LogP contribution in [0.25, 0.3) is 10.9 Å². The van der Waals surface area contributed by atoms with Gasteiger partial charge in [-0.3, -0.25) is 10.3 Å². The summed E-state index contributed by atoms with van der Waals surface area (Å²) in [6.45, 7) is 0.898. The average Bonchev–Trinajstić information content (AvgIpc) is 2.74. The first-order valence-electron chi connectivity index (χ1n) is 7.86. The molecule has 116 valence electrons. The number of fused-ring (bicyclic) bond motifs is 1. The Morgan fingerprint density at radius 2 is 2.18 bits per heavy atom. The number of aromatic nitrogens is 1. The van der Waals surface area contributed by atoms with Crippen molar-refractivity contribution < 1.29 is 14.9 Å². The number of carbonyl (C=O) groups excluding carboxylic acids is 1. The van der Waals surface area contributed by atoms with Crippen molar-refractivity contribution in [2.24, 2.45) is 0 Å². The molecule has 0 radical (unpaired) electrons. The highest BCUT2D eigenvalue weighted by molar-refractivity contribution is 5.86. The topological polar surface area (TPSA) is 81.9 Å². The van der Waals surface area contributed by atoms with Gasteiger partial charge < -0.3 is 14.9 Å². The van der Waals surface area contributed by atoms with Crippen molar-refractivity contribution in [1.29, 1.82) is 0 Å². The van der Waals surface area contributed by atoms with E-state index in [2.05, 4.69) is 15.3 Å². The van der Waals surface area contributed by atoms with Gasteiger partial charge in [0.25, 0.3) is 0 Å². The molecule has 0 bridgehead atoms. The molecule has 1 aliphatic rings. The van der Waals surface area contributed by atoms with Crippen LogP contribution in [-0.4, -0.2) is 29.4 Å². The molecular formula is C17H21N3O2. The summed E-state index contributed by atoms with van der Waals surface area (Å²) in [6, 6.07) is 7.19. The third-order valence-electron chi connectivity index (χ3n) is 4.17. The normalized spacial score (nSPS) is 16.8. The lowest BCUT2D eigenvalue weighted by atomic mass is 10.0. The van der Waals surface area contributed by atoms with Gasteiger partial charge in [0, 0.05) is 29.9 Å². The summed E-state index contributed by atoms with van der Waals surface area (Å²) < 4.78 is 0. The van der Waals surface area contributed by atoms with Gasteiger partial charge in [-0.1, -0.05) is 18.2 Å². The number of H-pyrrole nitrogens is 1. The van der Waals surface area contributed by atoms with Crippen molar-refractivity contribution in [3.05, 3.63) is 36.0 Å². The molecule has 5 heteroatoms. The van der Waals surface area contributed by atoms with Gasteiger partial charge in [-0.05, 0) is 30.9 Å². The van der Waals surface area contributed by atoms with Crippen LogP contribution in [0.5, 0.6) is 0 Å². The maximum absolute atomic E-state index is 11.5. The molecule has 0 unspecified atom stereocenters. The van der Waals surface area contributed by atoms with E-state index < -0.39 is 12.0 Å². The molecule has 0 aliphatic carbocycles. The minimum absolute atomic E-state index is 0.400. The van der Waals surface area contributed by atoms with Crippen LogP contribution >= 0.6 is 0 Å². The Hall–Kier alpha value is -2.30. The Bertz CT molecular complexity index is 690. The molecule has 5 nitrogen and oxygen atoms in total. The minimum Gasteiger partial charge on any atom is -0.546 e. The minimum atomic E-state index is -1.07. The molecule has 1 atom stereocenters. The van der Waals surface area contributed by atoms with Gasteiger partial charge in [0.1, 0.15) is 6.04 Å². The van der Waals surface area contributed by atoms with Crippen LogP contribution < -0.4 is 15.4 Å². The lowest BCUT2D eigenvalue weighted by Crippen LogP contribution is -2.77. The highest BCUT2D eigenvalue weighted by atomic mass is 16.4. The number of aliphatic carboxylic acids is 1. The molecule has 3 N–H and O–H groups in total. The molecule has 1 aromatic carbocycles. The number of hydrogen-bond acceptors (Lipinski definition) is 3. The lowest BCUT2D eigenvalue weighted by molar-refractivity contribution is -0.460. The number of carbonyl (C=O) groups is 1. The monoisotopic (exact) mass is 299 g/mol. The van der Waals surface area contributed by atoms with E-state index in [0.29, 0.717) is 6.42 Å². The molecule has 0 fully saturated rings. The van der Waals surface area contributed by atoms with E-state index in [1.165, 1.54) is 6.42 Å². The van der Waals surface area contributed by atoms with E-state index in [0.717, 1.165) is 48.1 Å². The second kappa shape index (κ2) is 6.64. The quantitative estimate of drug-likeness (QED) is 0.710. The van der Waals surface area contributed by atoms with Crippen LogP contribution in [0.3, 0.4) is 0 Å². The van der Waals surface area contributed by atoms with Gasteiger partial charge in [-0.15, -0.1) is 0 Å². The maximum Gasteiger partial charge on any atom is 0.243 e. The van der Waals surface area contributed by atoms with Crippen LogP contribution in [-0.2, 0) is 11.2 Å². The first-order chi connectivity index (χ1) is 10.7. The first-order valence-corrected chi connectivity index (χ1v) is 7.86.